The van der Waals surface area contributed by atoms with Crippen molar-refractivity contribution in [1.82, 2.24) is 0 Å². The lowest BCUT2D eigenvalue weighted by atomic mass is 10.1. The monoisotopic (exact) mass is 291 g/mol. The molecule has 0 aliphatic heterocycles. The van der Waals surface area contributed by atoms with E-state index in [4.69, 9.17) is 4.74 Å². The molecule has 1 atom stereocenters. The first-order valence-corrected chi connectivity index (χ1v) is 6.93. The summed E-state index contributed by atoms with van der Waals surface area (Å²) in [5.41, 5.74) is 1.53. The van der Waals surface area contributed by atoms with Crippen LogP contribution in [0.25, 0.3) is 0 Å². The van der Waals surface area contributed by atoms with Gasteiger partial charge in [-0.05, 0) is 49.6 Å². The second-order valence-electron chi connectivity index (χ2n) is 5.06. The zero-order valence-electron chi connectivity index (χ0n) is 12.2. The summed E-state index contributed by atoms with van der Waals surface area (Å²) in [5, 5.41) is 3.06. The molecule has 2 aromatic carbocycles. The summed E-state index contributed by atoms with van der Waals surface area (Å²) >= 11 is 0. The largest absolute Gasteiger partial charge is 0.497 e. The van der Waals surface area contributed by atoms with Crippen LogP contribution in [0.5, 0.6) is 5.75 Å². The van der Waals surface area contributed by atoms with Gasteiger partial charge in [0.1, 0.15) is 17.4 Å². The van der Waals surface area contributed by atoms with E-state index >= 15 is 0 Å². The molecular formula is C17H19F2NO. The number of hydrogen-bond donors (Lipinski definition) is 1. The van der Waals surface area contributed by atoms with Gasteiger partial charge in [-0.2, -0.15) is 0 Å². The maximum atomic E-state index is 13.5. The summed E-state index contributed by atoms with van der Waals surface area (Å²) in [7, 11) is 1.64. The summed E-state index contributed by atoms with van der Waals surface area (Å²) < 4.78 is 31.5. The highest BCUT2D eigenvalue weighted by molar-refractivity contribution is 5.45. The third kappa shape index (κ3) is 4.45. The normalized spacial score (nSPS) is 12.0. The third-order valence-electron chi connectivity index (χ3n) is 3.36. The molecule has 0 heterocycles. The average molecular weight is 291 g/mol. The van der Waals surface area contributed by atoms with Crippen molar-refractivity contribution in [2.45, 2.75) is 25.8 Å². The Morgan fingerprint density at radius 3 is 2.43 bits per heavy atom. The van der Waals surface area contributed by atoms with Gasteiger partial charge in [-0.1, -0.05) is 12.1 Å². The molecule has 0 spiro atoms. The molecule has 0 bridgehead atoms. The molecule has 0 amide bonds. The van der Waals surface area contributed by atoms with Crippen LogP contribution >= 0.6 is 0 Å². The Morgan fingerprint density at radius 2 is 1.81 bits per heavy atom. The minimum atomic E-state index is -0.566. The molecule has 21 heavy (non-hydrogen) atoms. The van der Waals surface area contributed by atoms with E-state index in [9.17, 15) is 8.78 Å². The lowest BCUT2D eigenvalue weighted by Crippen LogP contribution is -2.17. The second-order valence-corrected chi connectivity index (χ2v) is 5.06. The predicted molar refractivity (Wildman–Crippen MR) is 80.8 cm³/mol. The molecule has 0 aromatic heterocycles. The Labute approximate surface area is 123 Å². The Bertz CT molecular complexity index is 584. The van der Waals surface area contributed by atoms with Crippen LogP contribution < -0.4 is 10.1 Å². The maximum Gasteiger partial charge on any atom is 0.149 e. The van der Waals surface area contributed by atoms with Gasteiger partial charge >= 0.3 is 0 Å². The summed E-state index contributed by atoms with van der Waals surface area (Å²) in [6.07, 6.45) is 1.73. The molecule has 1 N–H and O–H groups in total. The number of nitrogens with one attached hydrogen (secondary N) is 1. The average Bonchev–Trinajstić information content (AvgIpc) is 2.48. The number of hydrogen-bond acceptors (Lipinski definition) is 2. The van der Waals surface area contributed by atoms with Crippen LogP contribution in [0.15, 0.2) is 42.5 Å². The SMILES string of the molecule is COc1ccc(CCC(C)Nc2ccc(F)cc2F)cc1. The fraction of sp³-hybridized carbons (Fsp3) is 0.294. The van der Waals surface area contributed by atoms with E-state index in [1.165, 1.54) is 17.7 Å². The van der Waals surface area contributed by atoms with Gasteiger partial charge in [0.15, 0.2) is 0 Å². The molecule has 0 fully saturated rings. The number of methoxy groups -OCH3 is 1. The fourth-order valence-electron chi connectivity index (χ4n) is 2.12. The highest BCUT2D eigenvalue weighted by Gasteiger charge is 2.08. The fourth-order valence-corrected chi connectivity index (χ4v) is 2.12. The van der Waals surface area contributed by atoms with Gasteiger partial charge < -0.3 is 10.1 Å². The quantitative estimate of drug-likeness (QED) is 0.851. The molecule has 2 aromatic rings. The number of rotatable bonds is 6. The van der Waals surface area contributed by atoms with E-state index in [1.807, 2.05) is 31.2 Å². The summed E-state index contributed by atoms with van der Waals surface area (Å²) in [5.74, 6) is -0.298. The van der Waals surface area contributed by atoms with Crippen molar-refractivity contribution in [2.75, 3.05) is 12.4 Å². The van der Waals surface area contributed by atoms with E-state index in [1.54, 1.807) is 7.11 Å². The van der Waals surface area contributed by atoms with Crippen molar-refractivity contribution in [1.29, 1.82) is 0 Å². The van der Waals surface area contributed by atoms with Crippen molar-refractivity contribution >= 4 is 5.69 Å². The van der Waals surface area contributed by atoms with E-state index < -0.39 is 11.6 Å². The Hall–Kier alpha value is -2.10. The maximum absolute atomic E-state index is 13.5. The number of aryl methyl sites for hydroxylation is 1. The Kier molecular flexibility index (Phi) is 5.14. The zero-order valence-corrected chi connectivity index (χ0v) is 12.2. The van der Waals surface area contributed by atoms with Crippen LogP contribution in [0, 0.1) is 11.6 Å². The van der Waals surface area contributed by atoms with Crippen molar-refractivity contribution in [3.05, 3.63) is 59.7 Å². The molecule has 0 saturated heterocycles. The van der Waals surface area contributed by atoms with Crippen molar-refractivity contribution < 1.29 is 13.5 Å². The number of anilines is 1. The van der Waals surface area contributed by atoms with Crippen LogP contribution in [0.4, 0.5) is 14.5 Å². The molecule has 1 unspecified atom stereocenters. The first-order chi connectivity index (χ1) is 10.1. The van der Waals surface area contributed by atoms with Gasteiger partial charge in [0.25, 0.3) is 0 Å². The molecule has 2 rings (SSSR count). The minimum absolute atomic E-state index is 0.0899. The van der Waals surface area contributed by atoms with Gasteiger partial charge in [0.05, 0.1) is 12.8 Å². The highest BCUT2D eigenvalue weighted by atomic mass is 19.1. The number of benzene rings is 2. The van der Waals surface area contributed by atoms with Crippen molar-refractivity contribution in [2.24, 2.45) is 0 Å². The standard InChI is InChI=1S/C17H19F2NO/c1-12(20-17-10-7-14(18)11-16(17)19)3-4-13-5-8-15(21-2)9-6-13/h5-12,20H,3-4H2,1-2H3. The highest BCUT2D eigenvalue weighted by Crippen LogP contribution is 2.18. The first kappa shape index (κ1) is 15.3. The van der Waals surface area contributed by atoms with Gasteiger partial charge in [-0.25, -0.2) is 8.78 Å². The predicted octanol–water partition coefficient (Wildman–Crippen LogP) is 4.41. The van der Waals surface area contributed by atoms with Gasteiger partial charge in [0, 0.05) is 12.1 Å². The molecule has 0 aliphatic carbocycles. The van der Waals surface area contributed by atoms with Gasteiger partial charge in [-0.15, -0.1) is 0 Å². The third-order valence-corrected chi connectivity index (χ3v) is 3.36. The second kappa shape index (κ2) is 7.07. The van der Waals surface area contributed by atoms with Crippen molar-refractivity contribution in [3.63, 3.8) is 0 Å². The molecule has 0 aliphatic rings. The number of halogens is 2. The smallest absolute Gasteiger partial charge is 0.149 e. The van der Waals surface area contributed by atoms with E-state index in [-0.39, 0.29) is 6.04 Å². The Morgan fingerprint density at radius 1 is 1.10 bits per heavy atom. The topological polar surface area (TPSA) is 21.3 Å². The Balaban J connectivity index is 1.87. The molecule has 112 valence electrons. The lowest BCUT2D eigenvalue weighted by Gasteiger charge is -2.16. The molecule has 4 heteroatoms. The van der Waals surface area contributed by atoms with E-state index in [0.29, 0.717) is 5.69 Å². The number of ether oxygens (including phenoxy) is 1. The van der Waals surface area contributed by atoms with Gasteiger partial charge in [-0.3, -0.25) is 0 Å². The van der Waals surface area contributed by atoms with Crippen LogP contribution in [-0.4, -0.2) is 13.2 Å². The van der Waals surface area contributed by atoms with Crippen LogP contribution in [0.1, 0.15) is 18.9 Å². The molecular weight excluding hydrogens is 272 g/mol. The van der Waals surface area contributed by atoms with E-state index in [0.717, 1.165) is 24.7 Å². The summed E-state index contributed by atoms with van der Waals surface area (Å²) in [6, 6.07) is 11.5. The first-order valence-electron chi connectivity index (χ1n) is 6.93. The minimum Gasteiger partial charge on any atom is -0.497 e. The van der Waals surface area contributed by atoms with Crippen LogP contribution in [-0.2, 0) is 6.42 Å². The van der Waals surface area contributed by atoms with E-state index in [2.05, 4.69) is 5.32 Å². The zero-order chi connectivity index (χ0) is 15.2. The van der Waals surface area contributed by atoms with Crippen molar-refractivity contribution in [3.8, 4) is 5.75 Å². The van der Waals surface area contributed by atoms with Gasteiger partial charge in [0.2, 0.25) is 0 Å². The summed E-state index contributed by atoms with van der Waals surface area (Å²) in [4.78, 5) is 0. The summed E-state index contributed by atoms with van der Waals surface area (Å²) in [6.45, 7) is 1.98. The van der Waals surface area contributed by atoms with Crippen LogP contribution in [0.2, 0.25) is 0 Å². The molecule has 0 saturated carbocycles. The molecule has 0 radical (unpaired) electrons. The lowest BCUT2D eigenvalue weighted by molar-refractivity contribution is 0.414. The van der Waals surface area contributed by atoms with Crippen LogP contribution in [0.3, 0.4) is 0 Å². The molecule has 2 nitrogen and oxygen atoms in total.